The summed E-state index contributed by atoms with van der Waals surface area (Å²) in [4.78, 5) is 13.8. The second kappa shape index (κ2) is 9.59. The lowest BCUT2D eigenvalue weighted by Crippen LogP contribution is -2.02. The number of fused-ring (bicyclic) bond motifs is 2. The van der Waals surface area contributed by atoms with Crippen molar-refractivity contribution in [2.75, 3.05) is 0 Å². The fraction of sp³-hybridized carbons (Fsp3) is 0. The first-order valence-electron chi connectivity index (χ1n) is 13.1. The zero-order valence-corrected chi connectivity index (χ0v) is 21.2. The van der Waals surface area contributed by atoms with Crippen molar-refractivity contribution < 1.29 is 4.42 Å². The second-order valence-corrected chi connectivity index (χ2v) is 9.75. The minimum atomic E-state index is -0.0200. The second-order valence-electron chi connectivity index (χ2n) is 9.75. The van der Waals surface area contributed by atoms with E-state index in [1.165, 1.54) is 0 Å². The maximum atomic E-state index is 13.8. The molecule has 2 heteroatoms. The highest BCUT2D eigenvalue weighted by Crippen LogP contribution is 2.31. The molecule has 6 aromatic carbocycles. The van der Waals surface area contributed by atoms with Crippen LogP contribution in [0, 0.1) is 0 Å². The summed E-state index contributed by atoms with van der Waals surface area (Å²) in [6, 6.07) is 49.2. The molecular weight excluding hydrogens is 476 g/mol. The molecule has 0 radical (unpaired) electrons. The standard InChI is InChI=1S/C37H24O2/c38-37-33-23-31(29-15-7-13-27(21-29)25-9-3-1-4-10-25)17-19-35(33)39-36-20-18-32(24-34(36)37)30-16-8-14-28(22-30)26-11-5-2-6-12-26/h1-24H. The van der Waals surface area contributed by atoms with E-state index >= 15 is 0 Å². The maximum absolute atomic E-state index is 13.8. The third-order valence-electron chi connectivity index (χ3n) is 7.27. The van der Waals surface area contributed by atoms with E-state index in [2.05, 4.69) is 72.8 Å². The Hall–Kier alpha value is -5.21. The van der Waals surface area contributed by atoms with Crippen LogP contribution >= 0.6 is 0 Å². The van der Waals surface area contributed by atoms with Gasteiger partial charge in [0.15, 0.2) is 0 Å². The molecule has 39 heavy (non-hydrogen) atoms. The van der Waals surface area contributed by atoms with Crippen molar-refractivity contribution in [3.63, 3.8) is 0 Å². The van der Waals surface area contributed by atoms with E-state index in [9.17, 15) is 4.79 Å². The Balaban J connectivity index is 1.32. The zero-order valence-electron chi connectivity index (χ0n) is 21.2. The number of hydrogen-bond acceptors (Lipinski definition) is 2. The van der Waals surface area contributed by atoms with Crippen molar-refractivity contribution in [2.45, 2.75) is 0 Å². The smallest absolute Gasteiger partial charge is 0.200 e. The topological polar surface area (TPSA) is 30.2 Å². The van der Waals surface area contributed by atoms with Gasteiger partial charge in [0.1, 0.15) is 11.2 Å². The fourth-order valence-electron chi connectivity index (χ4n) is 5.23. The molecule has 0 spiro atoms. The van der Waals surface area contributed by atoms with E-state index in [0.29, 0.717) is 21.9 Å². The Bertz CT molecular complexity index is 1880. The van der Waals surface area contributed by atoms with Crippen LogP contribution in [0.2, 0.25) is 0 Å². The van der Waals surface area contributed by atoms with Crippen LogP contribution in [0.1, 0.15) is 0 Å². The predicted molar refractivity (Wildman–Crippen MR) is 162 cm³/mol. The van der Waals surface area contributed by atoms with E-state index in [1.807, 2.05) is 72.8 Å². The van der Waals surface area contributed by atoms with Gasteiger partial charge in [0.05, 0.1) is 10.8 Å². The maximum Gasteiger partial charge on any atom is 0.200 e. The van der Waals surface area contributed by atoms with Gasteiger partial charge in [-0.3, -0.25) is 4.79 Å². The molecule has 0 unspecified atom stereocenters. The molecule has 0 fully saturated rings. The van der Waals surface area contributed by atoms with Gasteiger partial charge in [-0.25, -0.2) is 0 Å². The van der Waals surface area contributed by atoms with Crippen molar-refractivity contribution in [3.8, 4) is 44.5 Å². The van der Waals surface area contributed by atoms with Crippen molar-refractivity contribution in [1.29, 1.82) is 0 Å². The summed E-state index contributed by atoms with van der Waals surface area (Å²) in [5.41, 5.74) is 9.86. The third-order valence-corrected chi connectivity index (χ3v) is 7.27. The molecule has 2 nitrogen and oxygen atoms in total. The number of hydrogen-bond donors (Lipinski definition) is 0. The molecular formula is C37H24O2. The van der Waals surface area contributed by atoms with Gasteiger partial charge in [-0.15, -0.1) is 0 Å². The highest BCUT2D eigenvalue weighted by molar-refractivity contribution is 5.94. The normalized spacial score (nSPS) is 11.2. The summed E-state index contributed by atoms with van der Waals surface area (Å²) in [7, 11) is 0. The summed E-state index contributed by atoms with van der Waals surface area (Å²) in [6.45, 7) is 0. The first kappa shape index (κ1) is 22.9. The van der Waals surface area contributed by atoms with Gasteiger partial charge in [-0.2, -0.15) is 0 Å². The molecule has 0 aliphatic heterocycles. The van der Waals surface area contributed by atoms with Crippen molar-refractivity contribution in [1.82, 2.24) is 0 Å². The zero-order chi connectivity index (χ0) is 26.2. The van der Waals surface area contributed by atoms with Crippen LogP contribution < -0.4 is 5.43 Å². The predicted octanol–water partition coefficient (Wildman–Crippen LogP) is 9.61. The van der Waals surface area contributed by atoms with Gasteiger partial charge in [-0.05, 0) is 80.9 Å². The molecule has 0 saturated carbocycles. The lowest BCUT2D eigenvalue weighted by atomic mass is 9.97. The molecule has 0 amide bonds. The van der Waals surface area contributed by atoms with Crippen LogP contribution in [-0.2, 0) is 0 Å². The molecule has 1 heterocycles. The number of benzene rings is 6. The molecule has 1 aromatic heterocycles. The highest BCUT2D eigenvalue weighted by atomic mass is 16.3. The Kier molecular flexibility index (Phi) is 5.64. The van der Waals surface area contributed by atoms with Gasteiger partial charge in [-0.1, -0.05) is 109 Å². The van der Waals surface area contributed by atoms with Crippen molar-refractivity contribution >= 4 is 21.9 Å². The van der Waals surface area contributed by atoms with Crippen LogP contribution in [0.5, 0.6) is 0 Å². The van der Waals surface area contributed by atoms with Crippen LogP contribution in [-0.4, -0.2) is 0 Å². The summed E-state index contributed by atoms with van der Waals surface area (Å²) >= 11 is 0. The molecule has 0 aliphatic carbocycles. The molecule has 0 atom stereocenters. The Morgan fingerprint density at radius 3 is 1.13 bits per heavy atom. The van der Waals surface area contributed by atoms with Gasteiger partial charge < -0.3 is 4.42 Å². The van der Waals surface area contributed by atoms with Gasteiger partial charge >= 0.3 is 0 Å². The lowest BCUT2D eigenvalue weighted by Gasteiger charge is -2.09. The Labute approximate surface area is 226 Å². The van der Waals surface area contributed by atoms with Gasteiger partial charge in [0.2, 0.25) is 5.43 Å². The van der Waals surface area contributed by atoms with E-state index < -0.39 is 0 Å². The average Bonchev–Trinajstić information content (AvgIpc) is 3.02. The van der Waals surface area contributed by atoms with Gasteiger partial charge in [0, 0.05) is 0 Å². The van der Waals surface area contributed by atoms with Crippen LogP contribution in [0.15, 0.2) is 155 Å². The van der Waals surface area contributed by atoms with E-state index in [0.717, 1.165) is 44.5 Å². The molecule has 184 valence electrons. The summed E-state index contributed by atoms with van der Waals surface area (Å²) < 4.78 is 6.19. The first-order valence-corrected chi connectivity index (χ1v) is 13.1. The van der Waals surface area contributed by atoms with Crippen LogP contribution in [0.4, 0.5) is 0 Å². The summed E-state index contributed by atoms with van der Waals surface area (Å²) in [6.07, 6.45) is 0. The van der Waals surface area contributed by atoms with Crippen LogP contribution in [0.25, 0.3) is 66.4 Å². The van der Waals surface area contributed by atoms with Crippen molar-refractivity contribution in [2.24, 2.45) is 0 Å². The fourth-order valence-corrected chi connectivity index (χ4v) is 5.23. The van der Waals surface area contributed by atoms with Crippen molar-refractivity contribution in [3.05, 3.63) is 156 Å². The largest absolute Gasteiger partial charge is 0.456 e. The molecule has 0 aliphatic rings. The van der Waals surface area contributed by atoms with E-state index in [4.69, 9.17) is 4.42 Å². The molecule has 0 N–H and O–H groups in total. The molecule has 0 saturated heterocycles. The quantitative estimate of drug-likeness (QED) is 0.225. The third kappa shape index (κ3) is 4.32. The average molecular weight is 501 g/mol. The Morgan fingerprint density at radius 2 is 0.692 bits per heavy atom. The summed E-state index contributed by atoms with van der Waals surface area (Å²) in [5.74, 6) is 0. The first-order chi connectivity index (χ1) is 19.2. The van der Waals surface area contributed by atoms with Crippen LogP contribution in [0.3, 0.4) is 0 Å². The Morgan fingerprint density at radius 1 is 0.333 bits per heavy atom. The highest BCUT2D eigenvalue weighted by Gasteiger charge is 2.12. The monoisotopic (exact) mass is 500 g/mol. The summed E-state index contributed by atoms with van der Waals surface area (Å²) in [5, 5.41) is 1.17. The number of rotatable bonds is 4. The SMILES string of the molecule is O=c1c2cc(-c3cccc(-c4ccccc4)c3)ccc2oc2ccc(-c3cccc(-c4ccccc4)c3)cc12. The molecule has 0 bridgehead atoms. The molecule has 7 aromatic rings. The van der Waals surface area contributed by atoms with Gasteiger partial charge in [0.25, 0.3) is 0 Å². The minimum Gasteiger partial charge on any atom is -0.456 e. The minimum absolute atomic E-state index is 0.0200. The molecule has 7 rings (SSSR count). The van der Waals surface area contributed by atoms with E-state index in [-0.39, 0.29) is 5.43 Å². The lowest BCUT2D eigenvalue weighted by molar-refractivity contribution is 0.660. The van der Waals surface area contributed by atoms with E-state index in [1.54, 1.807) is 0 Å².